The van der Waals surface area contributed by atoms with E-state index >= 15 is 0 Å². The molecule has 114 valence electrons. The second kappa shape index (κ2) is 4.91. The summed E-state index contributed by atoms with van der Waals surface area (Å²) < 4.78 is 16.6. The minimum absolute atomic E-state index is 0.0117. The topological polar surface area (TPSA) is 78.2 Å². The number of nitrogen functional groups attached to an aromatic ring is 1. The van der Waals surface area contributed by atoms with Crippen LogP contribution in [0.15, 0.2) is 53.3 Å². The number of nitrogens with zero attached hydrogens (tertiary/aromatic N) is 4. The predicted octanol–water partition coefficient (Wildman–Crippen LogP) is 1.81. The van der Waals surface area contributed by atoms with Crippen LogP contribution < -0.4 is 11.4 Å². The third kappa shape index (κ3) is 2.05. The first-order valence-corrected chi connectivity index (χ1v) is 7.02. The van der Waals surface area contributed by atoms with E-state index in [1.54, 1.807) is 12.1 Å². The highest BCUT2D eigenvalue weighted by atomic mass is 19.1. The smallest absolute Gasteiger partial charge is 0.353 e. The summed E-state index contributed by atoms with van der Waals surface area (Å²) >= 11 is 0. The summed E-state index contributed by atoms with van der Waals surface area (Å²) in [5, 5.41) is 4.45. The molecule has 0 fully saturated rings. The van der Waals surface area contributed by atoms with Crippen LogP contribution >= 0.6 is 0 Å². The van der Waals surface area contributed by atoms with Crippen LogP contribution in [0.3, 0.4) is 0 Å². The summed E-state index contributed by atoms with van der Waals surface area (Å²) in [5.74, 6) is -0.501. The van der Waals surface area contributed by atoms with E-state index in [0.29, 0.717) is 5.52 Å². The van der Waals surface area contributed by atoms with Gasteiger partial charge in [-0.15, -0.1) is 5.10 Å². The van der Waals surface area contributed by atoms with Crippen LogP contribution in [0.5, 0.6) is 0 Å². The van der Waals surface area contributed by atoms with Crippen LogP contribution in [-0.4, -0.2) is 19.2 Å². The molecule has 0 unspecified atom stereocenters. The van der Waals surface area contributed by atoms with Crippen molar-refractivity contribution in [2.45, 2.75) is 6.54 Å². The lowest BCUT2D eigenvalue weighted by Crippen LogP contribution is -2.23. The molecule has 0 saturated carbocycles. The van der Waals surface area contributed by atoms with Crippen molar-refractivity contribution in [1.82, 2.24) is 19.2 Å². The minimum atomic E-state index is -0.489. The van der Waals surface area contributed by atoms with Gasteiger partial charge in [0.2, 0.25) is 5.95 Å². The summed E-state index contributed by atoms with van der Waals surface area (Å²) in [6.07, 6.45) is 0. The quantitative estimate of drug-likeness (QED) is 0.612. The molecule has 0 atom stereocenters. The SMILES string of the molecule is Nc1nc2cccc(F)c2c2nn(Cc3ccccc3)c(=O)n12. The molecular weight excluding hydrogens is 297 g/mol. The minimum Gasteiger partial charge on any atom is -0.369 e. The number of anilines is 1. The first-order chi connectivity index (χ1) is 11.1. The summed E-state index contributed by atoms with van der Waals surface area (Å²) in [5.41, 5.74) is 6.86. The molecule has 0 aliphatic heterocycles. The van der Waals surface area contributed by atoms with Gasteiger partial charge in [-0.1, -0.05) is 36.4 Å². The number of aromatic nitrogens is 4. The Bertz CT molecular complexity index is 1080. The van der Waals surface area contributed by atoms with Crippen LogP contribution in [0.1, 0.15) is 5.56 Å². The van der Waals surface area contributed by atoms with E-state index in [-0.39, 0.29) is 23.5 Å². The Morgan fingerprint density at radius 3 is 2.65 bits per heavy atom. The lowest BCUT2D eigenvalue weighted by molar-refractivity contribution is 0.639. The number of hydrogen-bond acceptors (Lipinski definition) is 4. The van der Waals surface area contributed by atoms with Gasteiger partial charge < -0.3 is 5.73 Å². The predicted molar refractivity (Wildman–Crippen MR) is 84.7 cm³/mol. The van der Waals surface area contributed by atoms with E-state index in [0.717, 1.165) is 9.96 Å². The average Bonchev–Trinajstić information content (AvgIpc) is 2.86. The van der Waals surface area contributed by atoms with Crippen molar-refractivity contribution >= 4 is 22.5 Å². The van der Waals surface area contributed by atoms with Crippen molar-refractivity contribution in [3.05, 3.63) is 70.4 Å². The maximum Gasteiger partial charge on any atom is 0.353 e. The van der Waals surface area contributed by atoms with Gasteiger partial charge in [0.15, 0.2) is 5.65 Å². The molecule has 4 aromatic rings. The lowest BCUT2D eigenvalue weighted by Gasteiger charge is -2.02. The van der Waals surface area contributed by atoms with Gasteiger partial charge in [0, 0.05) is 0 Å². The van der Waals surface area contributed by atoms with Crippen molar-refractivity contribution in [2.24, 2.45) is 0 Å². The van der Waals surface area contributed by atoms with Crippen molar-refractivity contribution < 1.29 is 4.39 Å². The Morgan fingerprint density at radius 1 is 1.09 bits per heavy atom. The van der Waals surface area contributed by atoms with Crippen molar-refractivity contribution in [3.63, 3.8) is 0 Å². The van der Waals surface area contributed by atoms with E-state index in [4.69, 9.17) is 5.73 Å². The van der Waals surface area contributed by atoms with Crippen molar-refractivity contribution in [1.29, 1.82) is 0 Å². The summed E-state index contributed by atoms with van der Waals surface area (Å²) in [4.78, 5) is 16.6. The molecular formula is C16H12FN5O. The third-order valence-electron chi connectivity index (χ3n) is 3.69. The molecule has 0 aliphatic rings. The molecule has 0 aliphatic carbocycles. The molecule has 0 saturated heterocycles. The Hall–Kier alpha value is -3.22. The second-order valence-electron chi connectivity index (χ2n) is 5.19. The van der Waals surface area contributed by atoms with Crippen LogP contribution in [0.2, 0.25) is 0 Å². The molecule has 0 radical (unpaired) electrons. The molecule has 6 nitrogen and oxygen atoms in total. The molecule has 2 aromatic carbocycles. The van der Waals surface area contributed by atoms with Gasteiger partial charge in [-0.05, 0) is 17.7 Å². The van der Waals surface area contributed by atoms with Gasteiger partial charge in [0.05, 0.1) is 17.4 Å². The zero-order valence-corrected chi connectivity index (χ0v) is 12.0. The lowest BCUT2D eigenvalue weighted by atomic mass is 10.2. The molecule has 23 heavy (non-hydrogen) atoms. The third-order valence-corrected chi connectivity index (χ3v) is 3.69. The Labute approximate surface area is 129 Å². The Kier molecular flexibility index (Phi) is 2.87. The first kappa shape index (κ1) is 13.4. The maximum absolute atomic E-state index is 14.2. The van der Waals surface area contributed by atoms with Gasteiger partial charge in [-0.3, -0.25) is 0 Å². The summed E-state index contributed by atoms with van der Waals surface area (Å²) in [6, 6.07) is 13.9. The molecule has 2 aromatic heterocycles. The standard InChI is InChI=1S/C16H12FN5O/c17-11-7-4-8-12-13(11)14-20-21(9-10-5-2-1-3-6-10)16(23)22(14)15(18)19-12/h1-8H,9H2,(H2,18,19). The number of rotatable bonds is 2. The Balaban J connectivity index is 2.02. The van der Waals surface area contributed by atoms with Crippen LogP contribution in [0.25, 0.3) is 16.6 Å². The molecule has 0 amide bonds. The Morgan fingerprint density at radius 2 is 1.87 bits per heavy atom. The highest BCUT2D eigenvalue weighted by molar-refractivity contribution is 5.92. The van der Waals surface area contributed by atoms with E-state index in [9.17, 15) is 9.18 Å². The van der Waals surface area contributed by atoms with E-state index < -0.39 is 11.5 Å². The molecule has 0 bridgehead atoms. The highest BCUT2D eigenvalue weighted by Gasteiger charge is 2.16. The maximum atomic E-state index is 14.2. The monoisotopic (exact) mass is 309 g/mol. The van der Waals surface area contributed by atoms with Crippen LogP contribution in [0.4, 0.5) is 10.3 Å². The van der Waals surface area contributed by atoms with Gasteiger partial charge >= 0.3 is 5.69 Å². The van der Waals surface area contributed by atoms with E-state index in [1.165, 1.54) is 10.7 Å². The fraction of sp³-hybridized carbons (Fsp3) is 0.0625. The van der Waals surface area contributed by atoms with Crippen LogP contribution in [-0.2, 0) is 6.54 Å². The zero-order chi connectivity index (χ0) is 16.0. The number of halogens is 1. The van der Waals surface area contributed by atoms with Crippen LogP contribution in [0, 0.1) is 5.82 Å². The molecule has 7 heteroatoms. The second-order valence-corrected chi connectivity index (χ2v) is 5.19. The van der Waals surface area contributed by atoms with E-state index in [1.807, 2.05) is 30.3 Å². The summed E-state index contributed by atoms with van der Waals surface area (Å²) in [6.45, 7) is 0.275. The van der Waals surface area contributed by atoms with Gasteiger partial charge in [0.1, 0.15) is 5.82 Å². The van der Waals surface area contributed by atoms with Gasteiger partial charge in [-0.2, -0.15) is 0 Å². The van der Waals surface area contributed by atoms with E-state index in [2.05, 4.69) is 10.1 Å². The normalized spacial score (nSPS) is 11.3. The molecule has 0 spiro atoms. The molecule has 4 rings (SSSR count). The number of nitrogens with two attached hydrogens (primary N) is 1. The number of benzene rings is 2. The van der Waals surface area contributed by atoms with Gasteiger partial charge in [-0.25, -0.2) is 23.3 Å². The molecule has 2 N–H and O–H groups in total. The largest absolute Gasteiger partial charge is 0.369 e. The average molecular weight is 309 g/mol. The van der Waals surface area contributed by atoms with Crippen molar-refractivity contribution in [3.8, 4) is 0 Å². The fourth-order valence-electron chi connectivity index (χ4n) is 2.64. The fourth-order valence-corrected chi connectivity index (χ4v) is 2.64. The number of fused-ring (bicyclic) bond motifs is 3. The number of hydrogen-bond donors (Lipinski definition) is 1. The van der Waals surface area contributed by atoms with Crippen molar-refractivity contribution in [2.75, 3.05) is 5.73 Å². The molecule has 2 heterocycles. The van der Waals surface area contributed by atoms with Gasteiger partial charge in [0.25, 0.3) is 0 Å². The first-order valence-electron chi connectivity index (χ1n) is 7.02. The summed E-state index contributed by atoms with van der Waals surface area (Å²) in [7, 11) is 0. The zero-order valence-electron chi connectivity index (χ0n) is 12.0. The highest BCUT2D eigenvalue weighted by Crippen LogP contribution is 2.21.